The van der Waals surface area contributed by atoms with Crippen molar-refractivity contribution >= 4 is 11.9 Å². The molecule has 3 rings (SSSR count). The van der Waals surface area contributed by atoms with E-state index in [0.717, 1.165) is 12.0 Å². The number of nitriles is 1. The lowest BCUT2D eigenvalue weighted by atomic mass is 9.94. The van der Waals surface area contributed by atoms with E-state index in [1.807, 2.05) is 0 Å². The summed E-state index contributed by atoms with van der Waals surface area (Å²) in [5.41, 5.74) is 1.46. The highest BCUT2D eigenvalue weighted by atomic mass is 19.4. The SMILES string of the molecule is N#C[C@H]1CCCN1C(=O)[C@@H]1Cc2ccc(OC(=O)C(F)(F)F)cc2CN1. The Hall–Kier alpha value is -2.60. The minimum atomic E-state index is -5.06. The van der Waals surface area contributed by atoms with Gasteiger partial charge in [-0.1, -0.05) is 6.07 Å². The number of halogens is 3. The molecule has 138 valence electrons. The minimum absolute atomic E-state index is 0.146. The van der Waals surface area contributed by atoms with Gasteiger partial charge < -0.3 is 15.0 Å². The smallest absolute Gasteiger partial charge is 0.420 e. The van der Waals surface area contributed by atoms with Crippen molar-refractivity contribution in [2.75, 3.05) is 6.54 Å². The van der Waals surface area contributed by atoms with Gasteiger partial charge in [-0.25, -0.2) is 4.79 Å². The summed E-state index contributed by atoms with van der Waals surface area (Å²) in [4.78, 5) is 25.1. The van der Waals surface area contributed by atoms with Crippen LogP contribution >= 0.6 is 0 Å². The molecule has 2 atom stereocenters. The van der Waals surface area contributed by atoms with Crippen molar-refractivity contribution in [3.8, 4) is 11.8 Å². The van der Waals surface area contributed by atoms with Crippen LogP contribution in [0.5, 0.6) is 5.75 Å². The quantitative estimate of drug-likeness (QED) is 0.635. The van der Waals surface area contributed by atoms with Crippen molar-refractivity contribution in [2.24, 2.45) is 0 Å². The number of alkyl halides is 3. The summed E-state index contributed by atoms with van der Waals surface area (Å²) >= 11 is 0. The normalized spacial score (nSPS) is 22.5. The fourth-order valence-corrected chi connectivity index (χ4v) is 3.26. The monoisotopic (exact) mass is 367 g/mol. The standard InChI is InChI=1S/C17H16F3N3O3/c18-17(19,20)16(25)26-13-4-3-10-7-14(22-9-11(10)6-13)15(24)23-5-1-2-12(23)8-21/h3-4,6,12,14,22H,1-2,5,7,9H2/t12-,14+/m1/s1. The Labute approximate surface area is 147 Å². The fraction of sp³-hybridized carbons (Fsp3) is 0.471. The Kier molecular flexibility index (Phi) is 4.87. The highest BCUT2D eigenvalue weighted by Gasteiger charge is 2.41. The van der Waals surface area contributed by atoms with Gasteiger partial charge in [0.2, 0.25) is 5.91 Å². The van der Waals surface area contributed by atoms with Crippen molar-refractivity contribution in [3.05, 3.63) is 29.3 Å². The molecule has 1 aromatic rings. The number of fused-ring (bicyclic) bond motifs is 1. The van der Waals surface area contributed by atoms with Crippen molar-refractivity contribution in [1.82, 2.24) is 10.2 Å². The number of hydrogen-bond acceptors (Lipinski definition) is 5. The summed E-state index contributed by atoms with van der Waals surface area (Å²) < 4.78 is 41.1. The predicted molar refractivity (Wildman–Crippen MR) is 82.8 cm³/mol. The van der Waals surface area contributed by atoms with Crippen molar-refractivity contribution in [3.63, 3.8) is 0 Å². The molecular formula is C17H16F3N3O3. The van der Waals surface area contributed by atoms with Gasteiger partial charge in [-0.05, 0) is 42.5 Å². The minimum Gasteiger partial charge on any atom is -0.420 e. The van der Waals surface area contributed by atoms with Crippen molar-refractivity contribution < 1.29 is 27.5 Å². The first kappa shape index (κ1) is 18.2. The van der Waals surface area contributed by atoms with Crippen molar-refractivity contribution in [1.29, 1.82) is 5.26 Å². The molecule has 6 nitrogen and oxygen atoms in total. The zero-order valence-electron chi connectivity index (χ0n) is 13.7. The summed E-state index contributed by atoms with van der Waals surface area (Å²) in [5, 5.41) is 12.2. The van der Waals surface area contributed by atoms with E-state index < -0.39 is 24.2 Å². The molecule has 1 N–H and O–H groups in total. The molecule has 9 heteroatoms. The van der Waals surface area contributed by atoms with Crippen LogP contribution < -0.4 is 10.1 Å². The molecule has 26 heavy (non-hydrogen) atoms. The van der Waals surface area contributed by atoms with E-state index in [9.17, 15) is 22.8 Å². The van der Waals surface area contributed by atoms with E-state index in [1.165, 1.54) is 12.1 Å². The van der Waals surface area contributed by atoms with E-state index in [0.29, 0.717) is 24.9 Å². The molecule has 2 aliphatic heterocycles. The summed E-state index contributed by atoms with van der Waals surface area (Å²) in [7, 11) is 0. The van der Waals surface area contributed by atoms with Crippen LogP contribution in [0.2, 0.25) is 0 Å². The second-order valence-corrected chi connectivity index (χ2v) is 6.27. The lowest BCUT2D eigenvalue weighted by Crippen LogP contribution is -2.50. The Balaban J connectivity index is 1.69. The van der Waals surface area contributed by atoms with Crippen LogP contribution in [-0.4, -0.2) is 41.6 Å². The van der Waals surface area contributed by atoms with Crippen molar-refractivity contribution in [2.45, 2.75) is 44.1 Å². The maximum absolute atomic E-state index is 12.6. The van der Waals surface area contributed by atoms with E-state index in [4.69, 9.17) is 5.26 Å². The summed E-state index contributed by atoms with van der Waals surface area (Å²) in [6, 6.07) is 5.43. The average molecular weight is 367 g/mol. The number of benzene rings is 1. The molecule has 0 unspecified atom stereocenters. The van der Waals surface area contributed by atoms with Gasteiger partial charge in [-0.15, -0.1) is 0 Å². The molecule has 0 aliphatic carbocycles. The largest absolute Gasteiger partial charge is 0.491 e. The van der Waals surface area contributed by atoms with Crippen LogP contribution in [0.1, 0.15) is 24.0 Å². The van der Waals surface area contributed by atoms with Crippen LogP contribution in [0, 0.1) is 11.3 Å². The number of hydrogen-bond donors (Lipinski definition) is 1. The van der Waals surface area contributed by atoms with Crippen LogP contribution in [0.4, 0.5) is 13.2 Å². The molecule has 1 aromatic carbocycles. The Morgan fingerprint density at radius 2 is 2.08 bits per heavy atom. The topological polar surface area (TPSA) is 82.4 Å². The van der Waals surface area contributed by atoms with E-state index in [-0.39, 0.29) is 18.2 Å². The Bertz CT molecular complexity index is 773. The number of amides is 1. The lowest BCUT2D eigenvalue weighted by molar-refractivity contribution is -0.189. The van der Waals surface area contributed by atoms with Gasteiger partial charge >= 0.3 is 12.1 Å². The zero-order chi connectivity index (χ0) is 18.9. The molecule has 0 radical (unpaired) electrons. The number of likely N-dealkylation sites (tertiary alicyclic amines) is 1. The number of ether oxygens (including phenoxy) is 1. The third-order valence-electron chi connectivity index (χ3n) is 4.57. The third kappa shape index (κ3) is 3.65. The lowest BCUT2D eigenvalue weighted by Gasteiger charge is -2.30. The number of carbonyl (C=O) groups is 2. The first-order chi connectivity index (χ1) is 12.3. The maximum atomic E-state index is 12.6. The molecule has 1 saturated heterocycles. The molecule has 2 heterocycles. The highest BCUT2D eigenvalue weighted by molar-refractivity contribution is 5.83. The van der Waals surface area contributed by atoms with Gasteiger partial charge in [-0.2, -0.15) is 18.4 Å². The van der Waals surface area contributed by atoms with Gasteiger partial charge in [0, 0.05) is 13.1 Å². The fourth-order valence-electron chi connectivity index (χ4n) is 3.26. The van der Waals surface area contributed by atoms with Crippen LogP contribution in [0.15, 0.2) is 18.2 Å². The van der Waals surface area contributed by atoms with E-state index in [1.54, 1.807) is 11.0 Å². The van der Waals surface area contributed by atoms with Crippen LogP contribution in [-0.2, 0) is 22.6 Å². The third-order valence-corrected chi connectivity index (χ3v) is 4.57. The Morgan fingerprint density at radius 1 is 1.31 bits per heavy atom. The second kappa shape index (κ2) is 6.96. The number of rotatable bonds is 2. The predicted octanol–water partition coefficient (Wildman–Crippen LogP) is 1.68. The number of nitrogens with zero attached hydrogens (tertiary/aromatic N) is 2. The molecule has 1 fully saturated rings. The summed E-state index contributed by atoms with van der Waals surface area (Å²) in [6.07, 6.45) is -3.24. The van der Waals surface area contributed by atoms with Crippen LogP contribution in [0.25, 0.3) is 0 Å². The summed E-state index contributed by atoms with van der Waals surface area (Å²) in [5.74, 6) is -2.61. The van der Waals surface area contributed by atoms with Gasteiger partial charge in [0.1, 0.15) is 11.8 Å². The Morgan fingerprint density at radius 3 is 2.77 bits per heavy atom. The molecule has 0 spiro atoms. The van der Waals surface area contributed by atoms with E-state index >= 15 is 0 Å². The average Bonchev–Trinajstić information content (AvgIpc) is 3.08. The van der Waals surface area contributed by atoms with Crippen LogP contribution in [0.3, 0.4) is 0 Å². The van der Waals surface area contributed by atoms with Gasteiger partial charge in [0.05, 0.1) is 12.1 Å². The molecular weight excluding hydrogens is 351 g/mol. The number of esters is 1. The second-order valence-electron chi connectivity index (χ2n) is 6.27. The number of nitrogens with one attached hydrogen (secondary N) is 1. The molecule has 0 saturated carbocycles. The maximum Gasteiger partial charge on any atom is 0.491 e. The zero-order valence-corrected chi connectivity index (χ0v) is 13.7. The van der Waals surface area contributed by atoms with Gasteiger partial charge in [-0.3, -0.25) is 4.79 Å². The van der Waals surface area contributed by atoms with Gasteiger partial charge in [0.25, 0.3) is 0 Å². The molecule has 0 aromatic heterocycles. The molecule has 1 amide bonds. The number of carbonyl (C=O) groups excluding carboxylic acids is 2. The molecule has 0 bridgehead atoms. The summed E-state index contributed by atoms with van der Waals surface area (Å²) in [6.45, 7) is 0.808. The van der Waals surface area contributed by atoms with E-state index in [2.05, 4.69) is 16.1 Å². The first-order valence-corrected chi connectivity index (χ1v) is 8.14. The first-order valence-electron chi connectivity index (χ1n) is 8.14. The molecule has 2 aliphatic rings. The highest BCUT2D eigenvalue weighted by Crippen LogP contribution is 2.26. The van der Waals surface area contributed by atoms with Gasteiger partial charge in [0.15, 0.2) is 0 Å².